The van der Waals surface area contributed by atoms with Gasteiger partial charge in [0.2, 0.25) is 0 Å². The Hall–Kier alpha value is -2.47. The number of ether oxygens (including phenoxy) is 2. The number of urea groups is 1. The molecule has 2 aromatic rings. The largest absolute Gasteiger partial charge is 0.492 e. The number of anilines is 1. The Morgan fingerprint density at radius 1 is 1.17 bits per heavy atom. The van der Waals surface area contributed by atoms with Crippen LogP contribution >= 0.6 is 11.6 Å². The van der Waals surface area contributed by atoms with Crippen molar-refractivity contribution in [2.45, 2.75) is 6.92 Å². The molecule has 0 aliphatic heterocycles. The molecule has 0 spiro atoms. The van der Waals surface area contributed by atoms with E-state index in [1.54, 1.807) is 18.2 Å². The molecule has 0 unspecified atom stereocenters. The molecule has 2 N–H and O–H groups in total. The van der Waals surface area contributed by atoms with Crippen LogP contribution in [-0.2, 0) is 0 Å². The van der Waals surface area contributed by atoms with Crippen molar-refractivity contribution in [1.29, 1.82) is 0 Å². The molecule has 5 nitrogen and oxygen atoms in total. The van der Waals surface area contributed by atoms with Crippen LogP contribution in [0, 0.1) is 5.82 Å². The number of hydrogen-bond acceptors (Lipinski definition) is 3. The van der Waals surface area contributed by atoms with Crippen molar-refractivity contribution in [2.75, 3.05) is 25.1 Å². The van der Waals surface area contributed by atoms with E-state index < -0.39 is 5.82 Å². The fraction of sp³-hybridized carbons (Fsp3) is 0.235. The van der Waals surface area contributed by atoms with E-state index in [2.05, 4.69) is 10.6 Å². The van der Waals surface area contributed by atoms with Crippen molar-refractivity contribution in [3.63, 3.8) is 0 Å². The summed E-state index contributed by atoms with van der Waals surface area (Å²) >= 11 is 5.85. The Kier molecular flexibility index (Phi) is 6.69. The molecular weight excluding hydrogens is 335 g/mol. The lowest BCUT2D eigenvalue weighted by molar-refractivity contribution is 0.247. The second-order valence-electron chi connectivity index (χ2n) is 4.73. The zero-order valence-electron chi connectivity index (χ0n) is 13.1. The van der Waals surface area contributed by atoms with E-state index in [9.17, 15) is 9.18 Å². The number of halogens is 2. The Labute approximate surface area is 144 Å². The van der Waals surface area contributed by atoms with E-state index in [1.165, 1.54) is 18.2 Å². The van der Waals surface area contributed by atoms with E-state index in [0.29, 0.717) is 23.8 Å². The quantitative estimate of drug-likeness (QED) is 0.738. The van der Waals surface area contributed by atoms with Crippen LogP contribution in [0.5, 0.6) is 11.5 Å². The summed E-state index contributed by atoms with van der Waals surface area (Å²) in [5.74, 6) is 0.532. The Bertz CT molecular complexity index is 697. The van der Waals surface area contributed by atoms with Crippen molar-refractivity contribution in [3.8, 4) is 11.5 Å². The summed E-state index contributed by atoms with van der Waals surface area (Å²) in [6.07, 6.45) is 0. The summed E-state index contributed by atoms with van der Waals surface area (Å²) in [4.78, 5) is 11.9. The van der Waals surface area contributed by atoms with Crippen molar-refractivity contribution >= 4 is 23.3 Å². The van der Waals surface area contributed by atoms with E-state index in [-0.39, 0.29) is 24.2 Å². The van der Waals surface area contributed by atoms with Gasteiger partial charge in [0.05, 0.1) is 23.9 Å². The van der Waals surface area contributed by atoms with Gasteiger partial charge in [-0.05, 0) is 37.3 Å². The third-order valence-corrected chi connectivity index (χ3v) is 3.27. The average molecular weight is 353 g/mol. The van der Waals surface area contributed by atoms with Crippen LogP contribution in [0.4, 0.5) is 14.9 Å². The molecule has 0 saturated carbocycles. The van der Waals surface area contributed by atoms with E-state index in [0.717, 1.165) is 0 Å². The molecule has 0 aliphatic carbocycles. The van der Waals surface area contributed by atoms with E-state index in [4.69, 9.17) is 21.1 Å². The SMILES string of the molecule is CCOc1ccccc1NC(=O)NCCOc1ccc(F)cc1Cl. The lowest BCUT2D eigenvalue weighted by Gasteiger charge is -2.12. The summed E-state index contributed by atoms with van der Waals surface area (Å²) in [6.45, 7) is 2.84. The summed E-state index contributed by atoms with van der Waals surface area (Å²) < 4.78 is 23.7. The number of nitrogens with one attached hydrogen (secondary N) is 2. The number of carbonyl (C=O) groups excluding carboxylic acids is 1. The Morgan fingerprint density at radius 3 is 2.71 bits per heavy atom. The second kappa shape index (κ2) is 8.98. The second-order valence-corrected chi connectivity index (χ2v) is 5.14. The summed E-state index contributed by atoms with van der Waals surface area (Å²) in [7, 11) is 0. The minimum Gasteiger partial charge on any atom is -0.492 e. The molecule has 128 valence electrons. The molecule has 0 aliphatic rings. The minimum atomic E-state index is -0.433. The van der Waals surface area contributed by atoms with Crippen LogP contribution in [-0.4, -0.2) is 25.8 Å². The van der Waals surface area contributed by atoms with Crippen LogP contribution in [0.3, 0.4) is 0 Å². The Balaban J connectivity index is 1.77. The highest BCUT2D eigenvalue weighted by Gasteiger charge is 2.07. The molecule has 7 heteroatoms. The molecule has 2 aromatic carbocycles. The van der Waals surface area contributed by atoms with Crippen LogP contribution in [0.25, 0.3) is 0 Å². The topological polar surface area (TPSA) is 59.6 Å². The number of rotatable bonds is 7. The maximum Gasteiger partial charge on any atom is 0.319 e. The molecule has 0 fully saturated rings. The fourth-order valence-corrected chi connectivity index (χ4v) is 2.16. The van der Waals surface area contributed by atoms with Gasteiger partial charge in [-0.2, -0.15) is 0 Å². The van der Waals surface area contributed by atoms with Crippen LogP contribution in [0.2, 0.25) is 5.02 Å². The number of benzene rings is 2. The molecule has 2 amide bonds. The standard InChI is InChI=1S/C17H18ClFN2O3/c1-2-23-16-6-4-3-5-14(16)21-17(22)20-9-10-24-15-8-7-12(19)11-13(15)18/h3-8,11H,2,9-10H2,1H3,(H2,20,21,22). The number of hydrogen-bond donors (Lipinski definition) is 2. The van der Waals surface area contributed by atoms with Crippen molar-refractivity contribution in [2.24, 2.45) is 0 Å². The van der Waals surface area contributed by atoms with Gasteiger partial charge in [0.1, 0.15) is 23.9 Å². The van der Waals surface area contributed by atoms with Crippen molar-refractivity contribution in [1.82, 2.24) is 5.32 Å². The minimum absolute atomic E-state index is 0.185. The smallest absolute Gasteiger partial charge is 0.319 e. The molecule has 0 saturated heterocycles. The average Bonchev–Trinajstić information content (AvgIpc) is 2.55. The Morgan fingerprint density at radius 2 is 1.96 bits per heavy atom. The van der Waals surface area contributed by atoms with Gasteiger partial charge < -0.3 is 20.1 Å². The first kappa shape index (κ1) is 17.9. The predicted molar refractivity (Wildman–Crippen MR) is 91.5 cm³/mol. The molecule has 24 heavy (non-hydrogen) atoms. The van der Waals surface area contributed by atoms with Gasteiger partial charge in [0, 0.05) is 0 Å². The molecule has 2 rings (SSSR count). The van der Waals surface area contributed by atoms with Crippen molar-refractivity contribution in [3.05, 3.63) is 53.3 Å². The van der Waals surface area contributed by atoms with Gasteiger partial charge in [-0.3, -0.25) is 0 Å². The lowest BCUT2D eigenvalue weighted by Crippen LogP contribution is -2.32. The normalized spacial score (nSPS) is 10.1. The van der Waals surface area contributed by atoms with Crippen molar-refractivity contribution < 1.29 is 18.7 Å². The third-order valence-electron chi connectivity index (χ3n) is 2.97. The summed E-state index contributed by atoms with van der Waals surface area (Å²) in [5, 5.41) is 5.55. The number of carbonyl (C=O) groups is 1. The predicted octanol–water partition coefficient (Wildman–Crippen LogP) is 4.08. The molecule has 0 heterocycles. The third kappa shape index (κ3) is 5.31. The highest BCUT2D eigenvalue weighted by molar-refractivity contribution is 6.32. The monoisotopic (exact) mass is 352 g/mol. The zero-order valence-corrected chi connectivity index (χ0v) is 13.9. The summed E-state index contributed by atoms with van der Waals surface area (Å²) in [5.41, 5.74) is 0.583. The van der Waals surface area contributed by atoms with Crippen LogP contribution in [0.15, 0.2) is 42.5 Å². The fourth-order valence-electron chi connectivity index (χ4n) is 1.94. The van der Waals surface area contributed by atoms with Crippen LogP contribution in [0.1, 0.15) is 6.92 Å². The van der Waals surface area contributed by atoms with Gasteiger partial charge in [-0.1, -0.05) is 23.7 Å². The number of para-hydroxylation sites is 2. The first-order valence-corrected chi connectivity index (χ1v) is 7.82. The highest BCUT2D eigenvalue weighted by atomic mass is 35.5. The molecule has 0 bridgehead atoms. The first-order valence-electron chi connectivity index (χ1n) is 7.44. The first-order chi connectivity index (χ1) is 11.6. The molecular formula is C17H18ClFN2O3. The van der Waals surface area contributed by atoms with Gasteiger partial charge in [-0.15, -0.1) is 0 Å². The zero-order chi connectivity index (χ0) is 17.4. The molecule has 0 radical (unpaired) electrons. The number of amides is 2. The van der Waals surface area contributed by atoms with E-state index >= 15 is 0 Å². The highest BCUT2D eigenvalue weighted by Crippen LogP contribution is 2.25. The maximum absolute atomic E-state index is 12.9. The van der Waals surface area contributed by atoms with Gasteiger partial charge in [0.15, 0.2) is 0 Å². The summed E-state index contributed by atoms with van der Waals surface area (Å²) in [6, 6.07) is 10.6. The van der Waals surface area contributed by atoms with Gasteiger partial charge in [0.25, 0.3) is 0 Å². The van der Waals surface area contributed by atoms with Crippen LogP contribution < -0.4 is 20.1 Å². The lowest BCUT2D eigenvalue weighted by atomic mass is 10.3. The van der Waals surface area contributed by atoms with Gasteiger partial charge in [-0.25, -0.2) is 9.18 Å². The molecule has 0 aromatic heterocycles. The molecule has 0 atom stereocenters. The van der Waals surface area contributed by atoms with E-state index in [1.807, 2.05) is 13.0 Å². The van der Waals surface area contributed by atoms with Gasteiger partial charge >= 0.3 is 6.03 Å². The maximum atomic E-state index is 12.9.